The van der Waals surface area contributed by atoms with Crippen molar-refractivity contribution in [3.8, 4) is 6.07 Å². The quantitative estimate of drug-likeness (QED) is 0.753. The van der Waals surface area contributed by atoms with E-state index >= 15 is 0 Å². The maximum Gasteiger partial charge on any atom is 0.226 e. The zero-order valence-electron chi connectivity index (χ0n) is 8.34. The third kappa shape index (κ3) is 1.89. The third-order valence-electron chi connectivity index (χ3n) is 2.07. The Kier molecular flexibility index (Phi) is 2.50. The van der Waals surface area contributed by atoms with Gasteiger partial charge in [-0.05, 0) is 12.1 Å². The molecule has 2 rings (SSSR count). The van der Waals surface area contributed by atoms with Crippen LogP contribution in [0.25, 0.3) is 0 Å². The SMILES string of the molecule is CCc1nc(Cn2cccc2C#N)no1. The minimum atomic E-state index is 0.472. The van der Waals surface area contributed by atoms with E-state index < -0.39 is 0 Å². The lowest BCUT2D eigenvalue weighted by Gasteiger charge is -1.98. The van der Waals surface area contributed by atoms with Crippen LogP contribution in [0.4, 0.5) is 0 Å². The monoisotopic (exact) mass is 202 g/mol. The highest BCUT2D eigenvalue weighted by molar-refractivity contribution is 5.22. The fourth-order valence-corrected chi connectivity index (χ4v) is 1.30. The predicted molar refractivity (Wildman–Crippen MR) is 51.9 cm³/mol. The zero-order chi connectivity index (χ0) is 10.7. The fraction of sp³-hybridized carbons (Fsp3) is 0.300. The highest BCUT2D eigenvalue weighted by Gasteiger charge is 2.06. The Balaban J connectivity index is 2.19. The van der Waals surface area contributed by atoms with E-state index in [0.29, 0.717) is 24.0 Å². The molecule has 0 N–H and O–H groups in total. The van der Waals surface area contributed by atoms with Gasteiger partial charge in [-0.2, -0.15) is 10.2 Å². The van der Waals surface area contributed by atoms with Crippen LogP contribution in [0.5, 0.6) is 0 Å². The normalized spacial score (nSPS) is 10.1. The average molecular weight is 202 g/mol. The van der Waals surface area contributed by atoms with Crippen molar-refractivity contribution in [3.05, 3.63) is 35.7 Å². The Bertz CT molecular complexity index is 491. The van der Waals surface area contributed by atoms with Crippen LogP contribution in [0.2, 0.25) is 0 Å². The molecule has 0 radical (unpaired) electrons. The largest absolute Gasteiger partial charge is 0.339 e. The Morgan fingerprint density at radius 2 is 2.47 bits per heavy atom. The number of hydrogen-bond acceptors (Lipinski definition) is 4. The van der Waals surface area contributed by atoms with Crippen LogP contribution in [0, 0.1) is 11.3 Å². The summed E-state index contributed by atoms with van der Waals surface area (Å²) in [5.41, 5.74) is 0.595. The molecule has 5 heteroatoms. The summed E-state index contributed by atoms with van der Waals surface area (Å²) in [7, 11) is 0. The first kappa shape index (κ1) is 9.46. The number of rotatable bonds is 3. The van der Waals surface area contributed by atoms with Gasteiger partial charge in [-0.25, -0.2) is 0 Å². The van der Waals surface area contributed by atoms with E-state index in [-0.39, 0.29) is 0 Å². The van der Waals surface area contributed by atoms with Gasteiger partial charge in [0.1, 0.15) is 11.8 Å². The lowest BCUT2D eigenvalue weighted by molar-refractivity contribution is 0.375. The second-order valence-corrected chi connectivity index (χ2v) is 3.09. The zero-order valence-corrected chi connectivity index (χ0v) is 8.34. The molecule has 0 atom stereocenters. The van der Waals surface area contributed by atoms with Crippen LogP contribution in [-0.4, -0.2) is 14.7 Å². The van der Waals surface area contributed by atoms with Gasteiger partial charge in [0, 0.05) is 12.6 Å². The molecule has 0 unspecified atom stereocenters. The summed E-state index contributed by atoms with van der Waals surface area (Å²) in [6, 6.07) is 5.66. The molecule has 0 bridgehead atoms. The molecular weight excluding hydrogens is 192 g/mol. The molecule has 0 aliphatic heterocycles. The molecule has 0 saturated carbocycles. The van der Waals surface area contributed by atoms with Crippen molar-refractivity contribution in [1.82, 2.24) is 14.7 Å². The molecule has 2 heterocycles. The molecule has 0 fully saturated rings. The van der Waals surface area contributed by atoms with Crippen LogP contribution >= 0.6 is 0 Å². The Hall–Kier alpha value is -2.09. The predicted octanol–water partition coefficient (Wildman–Crippen LogP) is 1.35. The summed E-state index contributed by atoms with van der Waals surface area (Å²) >= 11 is 0. The number of aromatic nitrogens is 3. The maximum absolute atomic E-state index is 8.80. The van der Waals surface area contributed by atoms with Crippen LogP contribution in [0.15, 0.2) is 22.9 Å². The standard InChI is InChI=1S/C10H10N4O/c1-2-10-12-9(13-15-10)7-14-5-3-4-8(14)6-11/h3-5H,2,7H2,1H3. The molecule has 5 nitrogen and oxygen atoms in total. The topological polar surface area (TPSA) is 67.6 Å². The van der Waals surface area contributed by atoms with Gasteiger partial charge in [-0.15, -0.1) is 0 Å². The number of hydrogen-bond donors (Lipinski definition) is 0. The first-order valence-electron chi connectivity index (χ1n) is 4.70. The van der Waals surface area contributed by atoms with Crippen molar-refractivity contribution >= 4 is 0 Å². The molecule has 0 amide bonds. The molecule has 2 aromatic rings. The summed E-state index contributed by atoms with van der Waals surface area (Å²) in [6.45, 7) is 2.42. The van der Waals surface area contributed by atoms with E-state index in [0.717, 1.165) is 6.42 Å². The van der Waals surface area contributed by atoms with E-state index in [1.54, 1.807) is 10.6 Å². The van der Waals surface area contributed by atoms with Gasteiger partial charge in [-0.1, -0.05) is 12.1 Å². The van der Waals surface area contributed by atoms with E-state index in [1.165, 1.54) is 0 Å². The number of nitrogens with zero attached hydrogens (tertiary/aromatic N) is 4. The molecule has 0 saturated heterocycles. The summed E-state index contributed by atoms with van der Waals surface area (Å²) in [5, 5.41) is 12.6. The van der Waals surface area contributed by atoms with Crippen LogP contribution in [-0.2, 0) is 13.0 Å². The van der Waals surface area contributed by atoms with Crippen LogP contribution < -0.4 is 0 Å². The van der Waals surface area contributed by atoms with Gasteiger partial charge in [0.15, 0.2) is 5.82 Å². The van der Waals surface area contributed by atoms with Crippen molar-refractivity contribution in [2.24, 2.45) is 0 Å². The second kappa shape index (κ2) is 3.96. The van der Waals surface area contributed by atoms with E-state index in [2.05, 4.69) is 16.2 Å². The molecular formula is C10H10N4O. The lowest BCUT2D eigenvalue weighted by Crippen LogP contribution is -2.02. The van der Waals surface area contributed by atoms with Crippen molar-refractivity contribution < 1.29 is 4.52 Å². The van der Waals surface area contributed by atoms with Crippen molar-refractivity contribution in [2.75, 3.05) is 0 Å². The molecule has 0 aliphatic carbocycles. The summed E-state index contributed by atoms with van der Waals surface area (Å²) < 4.78 is 6.76. The van der Waals surface area contributed by atoms with Crippen molar-refractivity contribution in [3.63, 3.8) is 0 Å². The minimum Gasteiger partial charge on any atom is -0.339 e. The van der Waals surface area contributed by atoms with E-state index in [4.69, 9.17) is 9.78 Å². The lowest BCUT2D eigenvalue weighted by atomic mass is 10.4. The maximum atomic E-state index is 8.80. The fourth-order valence-electron chi connectivity index (χ4n) is 1.30. The Morgan fingerprint density at radius 1 is 1.60 bits per heavy atom. The molecule has 15 heavy (non-hydrogen) atoms. The first-order chi connectivity index (χ1) is 7.33. The van der Waals surface area contributed by atoms with Gasteiger partial charge < -0.3 is 9.09 Å². The van der Waals surface area contributed by atoms with Crippen LogP contribution in [0.1, 0.15) is 24.3 Å². The van der Waals surface area contributed by atoms with Gasteiger partial charge in [-0.3, -0.25) is 0 Å². The number of nitriles is 1. The Labute approximate surface area is 86.9 Å². The van der Waals surface area contributed by atoms with Crippen molar-refractivity contribution in [1.29, 1.82) is 5.26 Å². The summed E-state index contributed by atoms with van der Waals surface area (Å²) in [5.74, 6) is 1.22. The van der Waals surface area contributed by atoms with E-state index in [1.807, 2.05) is 19.2 Å². The third-order valence-corrected chi connectivity index (χ3v) is 2.07. The minimum absolute atomic E-state index is 0.472. The molecule has 0 spiro atoms. The second-order valence-electron chi connectivity index (χ2n) is 3.09. The summed E-state index contributed by atoms with van der Waals surface area (Å²) in [6.07, 6.45) is 2.55. The number of aryl methyl sites for hydroxylation is 1. The highest BCUT2D eigenvalue weighted by Crippen LogP contribution is 2.05. The van der Waals surface area contributed by atoms with E-state index in [9.17, 15) is 0 Å². The molecule has 0 aliphatic rings. The Morgan fingerprint density at radius 3 is 3.13 bits per heavy atom. The smallest absolute Gasteiger partial charge is 0.226 e. The molecule has 2 aromatic heterocycles. The van der Waals surface area contributed by atoms with Crippen LogP contribution in [0.3, 0.4) is 0 Å². The highest BCUT2D eigenvalue weighted by atomic mass is 16.5. The van der Waals surface area contributed by atoms with Gasteiger partial charge in [0.05, 0.1) is 6.54 Å². The molecule has 76 valence electrons. The summed E-state index contributed by atoms with van der Waals surface area (Å²) in [4.78, 5) is 4.17. The van der Waals surface area contributed by atoms with Gasteiger partial charge in [0.2, 0.25) is 5.89 Å². The average Bonchev–Trinajstić information content (AvgIpc) is 2.87. The molecule has 0 aromatic carbocycles. The van der Waals surface area contributed by atoms with Gasteiger partial charge in [0.25, 0.3) is 0 Å². The first-order valence-corrected chi connectivity index (χ1v) is 4.70. The van der Waals surface area contributed by atoms with Crippen molar-refractivity contribution in [2.45, 2.75) is 19.9 Å². The van der Waals surface area contributed by atoms with Gasteiger partial charge >= 0.3 is 0 Å².